The molecular weight excluding hydrogens is 352 g/mol. The lowest BCUT2D eigenvalue weighted by Gasteiger charge is -2.05. The lowest BCUT2D eigenvalue weighted by molar-refractivity contribution is -0.384. The van der Waals surface area contributed by atoms with Gasteiger partial charge in [0.15, 0.2) is 5.69 Å². The number of non-ortho nitro benzene ring substituents is 1. The van der Waals surface area contributed by atoms with Crippen molar-refractivity contribution in [3.63, 3.8) is 0 Å². The van der Waals surface area contributed by atoms with Gasteiger partial charge in [0.1, 0.15) is 0 Å². The maximum atomic E-state index is 12.2. The largest absolute Gasteiger partial charge is 0.478 e. The van der Waals surface area contributed by atoms with E-state index in [0.29, 0.717) is 11.3 Å². The van der Waals surface area contributed by atoms with Gasteiger partial charge in [0.25, 0.3) is 11.6 Å². The summed E-state index contributed by atoms with van der Waals surface area (Å²) < 4.78 is 1.37. The zero-order valence-corrected chi connectivity index (χ0v) is 13.9. The molecule has 2 aromatic carbocycles. The second-order valence-corrected chi connectivity index (χ2v) is 5.61. The summed E-state index contributed by atoms with van der Waals surface area (Å²) in [7, 11) is 0. The minimum atomic E-state index is -1.04. The second kappa shape index (κ2) is 7.48. The molecule has 0 aliphatic carbocycles. The molecule has 136 valence electrons. The Labute approximate surface area is 153 Å². The first-order valence-electron chi connectivity index (χ1n) is 7.85. The fourth-order valence-corrected chi connectivity index (χ4v) is 2.43. The molecule has 0 saturated heterocycles. The van der Waals surface area contributed by atoms with Crippen LogP contribution in [0.5, 0.6) is 0 Å². The Morgan fingerprint density at radius 2 is 1.93 bits per heavy atom. The second-order valence-electron chi connectivity index (χ2n) is 5.61. The van der Waals surface area contributed by atoms with Gasteiger partial charge in [-0.3, -0.25) is 14.9 Å². The van der Waals surface area contributed by atoms with E-state index in [2.05, 4.69) is 10.4 Å². The Morgan fingerprint density at radius 3 is 2.67 bits per heavy atom. The van der Waals surface area contributed by atoms with Crippen LogP contribution in [0.1, 0.15) is 26.4 Å². The third kappa shape index (κ3) is 4.15. The highest BCUT2D eigenvalue weighted by atomic mass is 16.6. The quantitative estimate of drug-likeness (QED) is 0.509. The number of carbonyl (C=O) groups excluding carboxylic acids is 1. The van der Waals surface area contributed by atoms with Crippen molar-refractivity contribution in [2.45, 2.75) is 6.54 Å². The van der Waals surface area contributed by atoms with E-state index in [1.54, 1.807) is 18.2 Å². The van der Waals surface area contributed by atoms with Crippen molar-refractivity contribution in [1.29, 1.82) is 0 Å². The third-order valence-corrected chi connectivity index (χ3v) is 3.75. The predicted octanol–water partition coefficient (Wildman–Crippen LogP) is 2.41. The van der Waals surface area contributed by atoms with Crippen LogP contribution >= 0.6 is 0 Å². The summed E-state index contributed by atoms with van der Waals surface area (Å²) >= 11 is 0. The minimum absolute atomic E-state index is 0.0766. The number of carboxylic acids is 1. The molecule has 27 heavy (non-hydrogen) atoms. The molecule has 1 heterocycles. The number of nitrogens with one attached hydrogen (secondary N) is 1. The Kier molecular flexibility index (Phi) is 4.93. The van der Waals surface area contributed by atoms with Crippen molar-refractivity contribution in [3.05, 3.63) is 87.7 Å². The lowest BCUT2D eigenvalue weighted by Crippen LogP contribution is -2.23. The van der Waals surface area contributed by atoms with Crippen LogP contribution in [0.3, 0.4) is 0 Å². The van der Waals surface area contributed by atoms with Gasteiger partial charge in [0, 0.05) is 24.9 Å². The third-order valence-electron chi connectivity index (χ3n) is 3.75. The van der Waals surface area contributed by atoms with Crippen molar-refractivity contribution in [2.75, 3.05) is 0 Å². The molecule has 3 rings (SSSR count). The summed E-state index contributed by atoms with van der Waals surface area (Å²) in [6, 6.07) is 13.6. The van der Waals surface area contributed by atoms with Crippen LogP contribution in [-0.2, 0) is 6.54 Å². The van der Waals surface area contributed by atoms with E-state index >= 15 is 0 Å². The first-order valence-corrected chi connectivity index (χ1v) is 7.85. The Balaban J connectivity index is 1.70. The topological polar surface area (TPSA) is 127 Å². The maximum absolute atomic E-state index is 12.2. The number of amides is 1. The number of aromatic carboxylic acids is 1. The summed E-state index contributed by atoms with van der Waals surface area (Å²) in [5.74, 6) is -1.49. The predicted molar refractivity (Wildman–Crippen MR) is 94.8 cm³/mol. The van der Waals surface area contributed by atoms with Gasteiger partial charge in [-0.15, -0.1) is 0 Å². The smallest absolute Gasteiger partial charge is 0.335 e. The molecule has 9 heteroatoms. The normalized spacial score (nSPS) is 10.4. The summed E-state index contributed by atoms with van der Waals surface area (Å²) in [5, 5.41) is 26.6. The summed E-state index contributed by atoms with van der Waals surface area (Å²) in [4.78, 5) is 33.6. The number of nitrogens with zero attached hydrogens (tertiary/aromatic N) is 3. The fraction of sp³-hybridized carbons (Fsp3) is 0.0556. The van der Waals surface area contributed by atoms with Crippen molar-refractivity contribution >= 4 is 17.6 Å². The molecule has 0 aliphatic heterocycles. The van der Waals surface area contributed by atoms with Crippen LogP contribution in [0.4, 0.5) is 5.69 Å². The van der Waals surface area contributed by atoms with E-state index in [4.69, 9.17) is 5.11 Å². The van der Waals surface area contributed by atoms with Gasteiger partial charge >= 0.3 is 5.97 Å². The molecule has 1 aromatic heterocycles. The SMILES string of the molecule is O=C(O)c1cccc(CNC(=O)c2ccn(-c3cccc([N+](=O)[O-])c3)n2)c1. The molecule has 3 aromatic rings. The van der Waals surface area contributed by atoms with Crippen LogP contribution in [0.25, 0.3) is 5.69 Å². The van der Waals surface area contributed by atoms with Gasteiger partial charge in [-0.25, -0.2) is 9.48 Å². The molecule has 0 aliphatic rings. The zero-order chi connectivity index (χ0) is 19.4. The van der Waals surface area contributed by atoms with Gasteiger partial charge < -0.3 is 10.4 Å². The molecular formula is C18H14N4O5. The van der Waals surface area contributed by atoms with Crippen LogP contribution < -0.4 is 5.32 Å². The highest BCUT2D eigenvalue weighted by molar-refractivity contribution is 5.92. The average molecular weight is 366 g/mol. The van der Waals surface area contributed by atoms with Crippen molar-refractivity contribution in [1.82, 2.24) is 15.1 Å². The van der Waals surface area contributed by atoms with Crippen LogP contribution in [0.2, 0.25) is 0 Å². The Morgan fingerprint density at radius 1 is 1.15 bits per heavy atom. The molecule has 0 atom stereocenters. The van der Waals surface area contributed by atoms with Crippen molar-refractivity contribution < 1.29 is 19.6 Å². The van der Waals surface area contributed by atoms with Crippen molar-refractivity contribution in [3.8, 4) is 5.69 Å². The number of hydrogen-bond donors (Lipinski definition) is 2. The highest BCUT2D eigenvalue weighted by Gasteiger charge is 2.12. The molecule has 0 bridgehead atoms. The number of aromatic nitrogens is 2. The summed E-state index contributed by atoms with van der Waals surface area (Å²) in [6.07, 6.45) is 1.53. The average Bonchev–Trinajstić information content (AvgIpc) is 3.17. The van der Waals surface area contributed by atoms with Crippen LogP contribution in [-0.4, -0.2) is 31.7 Å². The van der Waals surface area contributed by atoms with E-state index in [1.807, 2.05) is 0 Å². The van der Waals surface area contributed by atoms with Gasteiger partial charge in [0.05, 0.1) is 16.2 Å². The number of nitro groups is 1. The molecule has 0 spiro atoms. The van der Waals surface area contributed by atoms with Crippen molar-refractivity contribution in [2.24, 2.45) is 0 Å². The minimum Gasteiger partial charge on any atom is -0.478 e. The van der Waals surface area contributed by atoms with E-state index in [1.165, 1.54) is 47.3 Å². The molecule has 0 radical (unpaired) electrons. The molecule has 0 fully saturated rings. The first kappa shape index (κ1) is 17.8. The van der Waals surface area contributed by atoms with Gasteiger partial charge in [0.2, 0.25) is 0 Å². The van der Waals surface area contributed by atoms with Gasteiger partial charge in [-0.2, -0.15) is 5.10 Å². The highest BCUT2D eigenvalue weighted by Crippen LogP contribution is 2.16. The monoisotopic (exact) mass is 366 g/mol. The Bertz CT molecular complexity index is 1030. The number of rotatable bonds is 6. The van der Waals surface area contributed by atoms with Crippen LogP contribution in [0, 0.1) is 10.1 Å². The van der Waals surface area contributed by atoms with E-state index in [9.17, 15) is 19.7 Å². The zero-order valence-electron chi connectivity index (χ0n) is 13.9. The lowest BCUT2D eigenvalue weighted by atomic mass is 10.1. The van der Waals surface area contributed by atoms with Gasteiger partial charge in [-0.1, -0.05) is 18.2 Å². The van der Waals surface area contributed by atoms with Crippen LogP contribution in [0.15, 0.2) is 60.8 Å². The summed E-state index contributed by atoms with van der Waals surface area (Å²) in [6.45, 7) is 0.142. The molecule has 0 saturated carbocycles. The first-order chi connectivity index (χ1) is 12.9. The fourth-order valence-electron chi connectivity index (χ4n) is 2.43. The number of nitro benzene ring substituents is 1. The molecule has 1 amide bonds. The number of carbonyl (C=O) groups is 2. The van der Waals surface area contributed by atoms with E-state index in [-0.39, 0.29) is 23.5 Å². The summed E-state index contributed by atoms with van der Waals surface area (Å²) in [5.41, 5.74) is 1.29. The van der Waals surface area contributed by atoms with E-state index in [0.717, 1.165) is 0 Å². The van der Waals surface area contributed by atoms with E-state index < -0.39 is 16.8 Å². The van der Waals surface area contributed by atoms with Gasteiger partial charge in [-0.05, 0) is 29.8 Å². The molecule has 0 unspecified atom stereocenters. The standard InChI is InChI=1S/C18H14N4O5/c23-17(19-11-12-3-1-4-13(9-12)18(24)25)16-7-8-21(20-16)14-5-2-6-15(10-14)22(26)27/h1-10H,11H2,(H,19,23)(H,24,25). The number of benzene rings is 2. The molecule has 2 N–H and O–H groups in total. The maximum Gasteiger partial charge on any atom is 0.335 e. The Hall–Kier alpha value is -4.01. The number of hydrogen-bond acceptors (Lipinski definition) is 5. The number of carboxylic acid groups (broad SMARTS) is 1. The molecule has 9 nitrogen and oxygen atoms in total.